The van der Waals surface area contributed by atoms with Gasteiger partial charge in [0.2, 0.25) is 0 Å². The van der Waals surface area contributed by atoms with E-state index in [1.807, 2.05) is 4.90 Å². The monoisotopic (exact) mass is 344 g/mol. The quantitative estimate of drug-likeness (QED) is 0.661. The zero-order valence-electron chi connectivity index (χ0n) is 13.7. The van der Waals surface area contributed by atoms with Gasteiger partial charge < -0.3 is 10.0 Å². The van der Waals surface area contributed by atoms with Crippen LogP contribution in [0.25, 0.3) is 5.69 Å². The van der Waals surface area contributed by atoms with E-state index in [1.54, 1.807) is 18.3 Å². The molecule has 8 heteroatoms. The number of likely N-dealkylation sites (tertiary alicyclic amines) is 1. The first kappa shape index (κ1) is 17.1. The summed E-state index contributed by atoms with van der Waals surface area (Å²) in [7, 11) is 0. The Bertz CT molecular complexity index is 754. The average molecular weight is 344 g/mol. The molecular formula is C17H20N4O4. The molecule has 1 N–H and O–H groups in total. The number of carbonyl (C=O) groups excluding carboxylic acids is 1. The Kier molecular flexibility index (Phi) is 5.08. The van der Waals surface area contributed by atoms with E-state index in [0.29, 0.717) is 24.2 Å². The number of carbonyl (C=O) groups is 1. The zero-order chi connectivity index (χ0) is 17.8. The Hall–Kier alpha value is -2.74. The fourth-order valence-electron chi connectivity index (χ4n) is 3.18. The second-order valence-corrected chi connectivity index (χ2v) is 6.11. The number of amides is 1. The van der Waals surface area contributed by atoms with Crippen molar-refractivity contribution in [2.75, 3.05) is 13.2 Å². The van der Waals surface area contributed by atoms with Gasteiger partial charge in [-0.05, 0) is 37.8 Å². The summed E-state index contributed by atoms with van der Waals surface area (Å²) in [6, 6.07) is 6.05. The van der Waals surface area contributed by atoms with Crippen LogP contribution < -0.4 is 0 Å². The van der Waals surface area contributed by atoms with Gasteiger partial charge >= 0.3 is 0 Å². The van der Waals surface area contributed by atoms with Crippen molar-refractivity contribution in [2.45, 2.75) is 31.7 Å². The Morgan fingerprint density at radius 1 is 1.32 bits per heavy atom. The fourth-order valence-corrected chi connectivity index (χ4v) is 3.18. The standard InChI is InChI=1S/C17H20N4O4/c22-10-8-14-3-1-2-9-19(14)17(23)13-11-18-20(12-13)15-4-6-16(7-5-15)21(24)25/h4-7,11-12,14,22H,1-3,8-10H2. The molecule has 0 radical (unpaired) electrons. The van der Waals surface area contributed by atoms with E-state index in [4.69, 9.17) is 0 Å². The Labute approximate surface area is 144 Å². The maximum absolute atomic E-state index is 12.8. The number of hydrogen-bond acceptors (Lipinski definition) is 5. The Morgan fingerprint density at radius 3 is 2.76 bits per heavy atom. The molecule has 8 nitrogen and oxygen atoms in total. The van der Waals surface area contributed by atoms with E-state index in [1.165, 1.54) is 23.0 Å². The lowest BCUT2D eigenvalue weighted by atomic mass is 9.99. The van der Waals surface area contributed by atoms with Crippen molar-refractivity contribution in [1.29, 1.82) is 0 Å². The summed E-state index contributed by atoms with van der Waals surface area (Å²) in [5.41, 5.74) is 1.13. The van der Waals surface area contributed by atoms with Crippen LogP contribution in [0.5, 0.6) is 0 Å². The number of aliphatic hydroxyl groups excluding tert-OH is 1. The minimum absolute atomic E-state index is 0.00682. The van der Waals surface area contributed by atoms with Crippen LogP contribution in [0.15, 0.2) is 36.7 Å². The molecule has 1 unspecified atom stereocenters. The van der Waals surface area contributed by atoms with Gasteiger partial charge in [0.15, 0.2) is 0 Å². The van der Waals surface area contributed by atoms with Gasteiger partial charge in [-0.15, -0.1) is 0 Å². The summed E-state index contributed by atoms with van der Waals surface area (Å²) in [5.74, 6) is -0.0914. The number of aliphatic hydroxyl groups is 1. The summed E-state index contributed by atoms with van der Waals surface area (Å²) >= 11 is 0. The molecule has 1 aromatic heterocycles. The minimum atomic E-state index is -0.459. The highest BCUT2D eigenvalue weighted by molar-refractivity contribution is 5.94. The molecule has 25 heavy (non-hydrogen) atoms. The van der Waals surface area contributed by atoms with Gasteiger partial charge in [-0.1, -0.05) is 0 Å². The molecule has 1 saturated heterocycles. The van der Waals surface area contributed by atoms with Crippen molar-refractivity contribution < 1.29 is 14.8 Å². The van der Waals surface area contributed by atoms with Crippen molar-refractivity contribution in [3.8, 4) is 5.69 Å². The summed E-state index contributed by atoms with van der Waals surface area (Å²) in [6.45, 7) is 0.753. The molecule has 0 spiro atoms. The van der Waals surface area contributed by atoms with Crippen LogP contribution in [-0.4, -0.2) is 49.8 Å². The Morgan fingerprint density at radius 2 is 2.08 bits per heavy atom. The van der Waals surface area contributed by atoms with E-state index in [-0.39, 0.29) is 24.2 Å². The SMILES string of the molecule is O=C(c1cnn(-c2ccc([N+](=O)[O-])cc2)c1)N1CCCCC1CCO. The number of nitro benzene ring substituents is 1. The summed E-state index contributed by atoms with van der Waals surface area (Å²) in [6.07, 6.45) is 6.66. The highest BCUT2D eigenvalue weighted by atomic mass is 16.6. The van der Waals surface area contributed by atoms with Crippen molar-refractivity contribution in [3.05, 3.63) is 52.3 Å². The van der Waals surface area contributed by atoms with E-state index in [2.05, 4.69) is 5.10 Å². The highest BCUT2D eigenvalue weighted by Gasteiger charge is 2.27. The molecule has 1 aromatic carbocycles. The molecule has 0 saturated carbocycles. The molecule has 1 amide bonds. The van der Waals surface area contributed by atoms with E-state index < -0.39 is 4.92 Å². The smallest absolute Gasteiger partial charge is 0.269 e. The normalized spacial score (nSPS) is 17.5. The second-order valence-electron chi connectivity index (χ2n) is 6.11. The number of nitro groups is 1. The van der Waals surface area contributed by atoms with Crippen molar-refractivity contribution in [1.82, 2.24) is 14.7 Å². The number of aromatic nitrogens is 2. The number of piperidine rings is 1. The Balaban J connectivity index is 1.78. The molecule has 2 aromatic rings. The van der Waals surface area contributed by atoms with E-state index in [0.717, 1.165) is 19.3 Å². The predicted molar refractivity (Wildman–Crippen MR) is 90.6 cm³/mol. The maximum atomic E-state index is 12.8. The number of non-ortho nitro benzene ring substituents is 1. The fraction of sp³-hybridized carbons (Fsp3) is 0.412. The van der Waals surface area contributed by atoms with Gasteiger partial charge in [0.1, 0.15) is 0 Å². The average Bonchev–Trinajstić information content (AvgIpc) is 3.12. The molecular weight excluding hydrogens is 324 g/mol. The molecule has 3 rings (SSSR count). The first-order valence-corrected chi connectivity index (χ1v) is 8.31. The summed E-state index contributed by atoms with van der Waals surface area (Å²) in [4.78, 5) is 24.8. The molecule has 1 aliphatic rings. The molecule has 1 atom stereocenters. The first-order valence-electron chi connectivity index (χ1n) is 8.31. The van der Waals surface area contributed by atoms with Gasteiger partial charge in [0, 0.05) is 37.5 Å². The first-order chi connectivity index (χ1) is 12.1. The maximum Gasteiger partial charge on any atom is 0.269 e. The van der Waals surface area contributed by atoms with Crippen LogP contribution in [0, 0.1) is 10.1 Å². The number of nitrogens with zero attached hydrogens (tertiary/aromatic N) is 4. The lowest BCUT2D eigenvalue weighted by Gasteiger charge is -2.35. The zero-order valence-corrected chi connectivity index (χ0v) is 13.7. The van der Waals surface area contributed by atoms with Gasteiger partial charge in [-0.25, -0.2) is 4.68 Å². The van der Waals surface area contributed by atoms with Crippen LogP contribution in [0.4, 0.5) is 5.69 Å². The molecule has 1 aliphatic heterocycles. The van der Waals surface area contributed by atoms with Crippen molar-refractivity contribution in [3.63, 3.8) is 0 Å². The predicted octanol–water partition coefficient (Wildman–Crippen LogP) is 2.16. The third kappa shape index (κ3) is 3.69. The summed E-state index contributed by atoms with van der Waals surface area (Å²) in [5, 5.41) is 24.1. The lowest BCUT2D eigenvalue weighted by molar-refractivity contribution is -0.384. The van der Waals surface area contributed by atoms with Crippen LogP contribution >= 0.6 is 0 Å². The lowest BCUT2D eigenvalue weighted by Crippen LogP contribution is -2.44. The van der Waals surface area contributed by atoms with E-state index in [9.17, 15) is 20.0 Å². The van der Waals surface area contributed by atoms with Crippen LogP contribution in [0.1, 0.15) is 36.0 Å². The van der Waals surface area contributed by atoms with Gasteiger partial charge in [-0.3, -0.25) is 14.9 Å². The van der Waals surface area contributed by atoms with Crippen LogP contribution in [0.2, 0.25) is 0 Å². The van der Waals surface area contributed by atoms with Gasteiger partial charge in [0.25, 0.3) is 11.6 Å². The van der Waals surface area contributed by atoms with Gasteiger partial charge in [0.05, 0.1) is 22.4 Å². The van der Waals surface area contributed by atoms with Crippen molar-refractivity contribution in [2.24, 2.45) is 0 Å². The molecule has 1 fully saturated rings. The molecule has 0 bridgehead atoms. The minimum Gasteiger partial charge on any atom is -0.396 e. The third-order valence-corrected chi connectivity index (χ3v) is 4.50. The topological polar surface area (TPSA) is 102 Å². The van der Waals surface area contributed by atoms with Crippen molar-refractivity contribution >= 4 is 11.6 Å². The molecule has 2 heterocycles. The molecule has 0 aliphatic carbocycles. The van der Waals surface area contributed by atoms with Crippen LogP contribution in [0.3, 0.4) is 0 Å². The number of hydrogen-bond donors (Lipinski definition) is 1. The highest BCUT2D eigenvalue weighted by Crippen LogP contribution is 2.22. The van der Waals surface area contributed by atoms with Crippen LogP contribution in [-0.2, 0) is 0 Å². The largest absolute Gasteiger partial charge is 0.396 e. The third-order valence-electron chi connectivity index (χ3n) is 4.50. The molecule has 132 valence electrons. The van der Waals surface area contributed by atoms with E-state index >= 15 is 0 Å². The van der Waals surface area contributed by atoms with Gasteiger partial charge in [-0.2, -0.15) is 5.10 Å². The second kappa shape index (κ2) is 7.43. The number of rotatable bonds is 5. The number of benzene rings is 1. The summed E-state index contributed by atoms with van der Waals surface area (Å²) < 4.78 is 1.53.